The van der Waals surface area contributed by atoms with Crippen LogP contribution in [0.5, 0.6) is 11.5 Å². The smallest absolute Gasteiger partial charge is 0.421 e. The molecule has 0 saturated carbocycles. The van der Waals surface area contributed by atoms with Crippen molar-refractivity contribution in [1.82, 2.24) is 4.31 Å². The standard InChI is InChI=1S/C12H15NO5S/c1-16-9-6-8-4-5-13(12(14)18-3)19(15)11(8)7-10(9)17-2/h6-7H,4-5H2,1-3H3. The van der Waals surface area contributed by atoms with Gasteiger partial charge >= 0.3 is 6.09 Å². The molecule has 0 aromatic heterocycles. The average molecular weight is 285 g/mol. The van der Waals surface area contributed by atoms with E-state index in [4.69, 9.17) is 9.47 Å². The highest BCUT2D eigenvalue weighted by Crippen LogP contribution is 2.35. The molecule has 2 rings (SSSR count). The Bertz CT molecular complexity index is 531. The van der Waals surface area contributed by atoms with Gasteiger partial charge in [0.1, 0.15) is 0 Å². The number of fused-ring (bicyclic) bond motifs is 1. The van der Waals surface area contributed by atoms with E-state index < -0.39 is 17.1 Å². The van der Waals surface area contributed by atoms with Gasteiger partial charge in [0.25, 0.3) is 0 Å². The van der Waals surface area contributed by atoms with Crippen molar-refractivity contribution in [2.75, 3.05) is 27.9 Å². The minimum atomic E-state index is -1.58. The molecular weight excluding hydrogens is 270 g/mol. The third kappa shape index (κ3) is 2.37. The molecule has 7 heteroatoms. The molecule has 0 radical (unpaired) electrons. The van der Waals surface area contributed by atoms with Crippen molar-refractivity contribution in [2.45, 2.75) is 11.3 Å². The number of ether oxygens (including phenoxy) is 3. The monoisotopic (exact) mass is 285 g/mol. The van der Waals surface area contributed by atoms with Crippen LogP contribution in [0.25, 0.3) is 0 Å². The zero-order valence-electron chi connectivity index (χ0n) is 11.0. The van der Waals surface area contributed by atoms with E-state index in [1.165, 1.54) is 18.5 Å². The molecule has 104 valence electrons. The number of rotatable bonds is 2. The molecular formula is C12H15NO5S. The molecule has 1 unspecified atom stereocenters. The minimum absolute atomic E-state index is 0.349. The number of carbonyl (C=O) groups excluding carboxylic acids is 1. The van der Waals surface area contributed by atoms with Crippen molar-refractivity contribution in [3.8, 4) is 11.5 Å². The predicted molar refractivity (Wildman–Crippen MR) is 68.8 cm³/mol. The fourth-order valence-electron chi connectivity index (χ4n) is 1.94. The number of amides is 1. The molecule has 1 aliphatic heterocycles. The van der Waals surface area contributed by atoms with E-state index in [9.17, 15) is 9.00 Å². The van der Waals surface area contributed by atoms with E-state index in [1.54, 1.807) is 19.2 Å². The number of hydrogen-bond donors (Lipinski definition) is 0. The van der Waals surface area contributed by atoms with Crippen LogP contribution in [0, 0.1) is 0 Å². The van der Waals surface area contributed by atoms with E-state index in [0.29, 0.717) is 29.4 Å². The fourth-order valence-corrected chi connectivity index (χ4v) is 3.24. The predicted octanol–water partition coefficient (Wildman–Crippen LogP) is 1.35. The summed E-state index contributed by atoms with van der Waals surface area (Å²) in [5, 5.41) is 0. The normalized spacial score (nSPS) is 17.6. The maximum Gasteiger partial charge on any atom is 0.421 e. The lowest BCUT2D eigenvalue weighted by molar-refractivity contribution is 0.150. The number of carbonyl (C=O) groups is 1. The maximum absolute atomic E-state index is 12.3. The van der Waals surface area contributed by atoms with Gasteiger partial charge in [-0.25, -0.2) is 13.3 Å². The van der Waals surface area contributed by atoms with Crippen molar-refractivity contribution in [3.63, 3.8) is 0 Å². The van der Waals surface area contributed by atoms with Crippen LogP contribution in [-0.4, -0.2) is 42.5 Å². The van der Waals surface area contributed by atoms with Crippen molar-refractivity contribution < 1.29 is 23.2 Å². The number of methoxy groups -OCH3 is 3. The Kier molecular flexibility index (Phi) is 3.94. The van der Waals surface area contributed by atoms with Crippen molar-refractivity contribution >= 4 is 17.1 Å². The molecule has 0 bridgehead atoms. The van der Waals surface area contributed by atoms with Gasteiger partial charge < -0.3 is 14.2 Å². The summed E-state index contributed by atoms with van der Waals surface area (Å²) in [6, 6.07) is 3.43. The minimum Gasteiger partial charge on any atom is -0.493 e. The summed E-state index contributed by atoms with van der Waals surface area (Å²) in [5.74, 6) is 1.08. The highest BCUT2D eigenvalue weighted by molar-refractivity contribution is 7.83. The lowest BCUT2D eigenvalue weighted by atomic mass is 10.1. The summed E-state index contributed by atoms with van der Waals surface area (Å²) in [6.07, 6.45) is -0.00459. The molecule has 1 aromatic rings. The van der Waals surface area contributed by atoms with Gasteiger partial charge in [-0.05, 0) is 18.1 Å². The van der Waals surface area contributed by atoms with Crippen LogP contribution < -0.4 is 9.47 Å². The van der Waals surface area contributed by atoms with E-state index in [2.05, 4.69) is 4.74 Å². The third-order valence-electron chi connectivity index (χ3n) is 2.92. The Morgan fingerprint density at radius 1 is 1.21 bits per heavy atom. The SMILES string of the molecule is COC(=O)N1CCc2cc(OC)c(OC)cc2S1=O. The van der Waals surface area contributed by atoms with Gasteiger partial charge in [0.15, 0.2) is 22.5 Å². The Morgan fingerprint density at radius 3 is 2.42 bits per heavy atom. The first kappa shape index (κ1) is 13.7. The van der Waals surface area contributed by atoms with Crippen molar-refractivity contribution in [1.29, 1.82) is 0 Å². The molecule has 1 aliphatic rings. The largest absolute Gasteiger partial charge is 0.493 e. The van der Waals surface area contributed by atoms with Crippen molar-refractivity contribution in [3.05, 3.63) is 17.7 Å². The first-order valence-electron chi connectivity index (χ1n) is 5.64. The van der Waals surface area contributed by atoms with E-state index in [1.807, 2.05) is 0 Å². The second-order valence-electron chi connectivity index (χ2n) is 3.89. The van der Waals surface area contributed by atoms with E-state index >= 15 is 0 Å². The van der Waals surface area contributed by atoms with Crippen LogP contribution in [0.1, 0.15) is 5.56 Å². The van der Waals surface area contributed by atoms with Gasteiger partial charge in [-0.1, -0.05) is 0 Å². The van der Waals surface area contributed by atoms with Crippen molar-refractivity contribution in [2.24, 2.45) is 0 Å². The topological polar surface area (TPSA) is 65.1 Å². The van der Waals surface area contributed by atoms with Gasteiger partial charge in [0.2, 0.25) is 0 Å². The lowest BCUT2D eigenvalue weighted by Gasteiger charge is -2.26. The quantitative estimate of drug-likeness (QED) is 0.820. The zero-order chi connectivity index (χ0) is 14.0. The van der Waals surface area contributed by atoms with Crippen LogP contribution in [0.2, 0.25) is 0 Å². The molecule has 1 amide bonds. The van der Waals surface area contributed by atoms with Gasteiger partial charge in [0, 0.05) is 12.6 Å². The Labute approximate surface area is 113 Å². The fraction of sp³-hybridized carbons (Fsp3) is 0.417. The van der Waals surface area contributed by atoms with Gasteiger partial charge in [-0.3, -0.25) is 0 Å². The second-order valence-corrected chi connectivity index (χ2v) is 5.27. The van der Waals surface area contributed by atoms with E-state index in [-0.39, 0.29) is 0 Å². The molecule has 0 saturated heterocycles. The highest BCUT2D eigenvalue weighted by Gasteiger charge is 2.30. The molecule has 19 heavy (non-hydrogen) atoms. The Morgan fingerprint density at radius 2 is 1.84 bits per heavy atom. The molecule has 0 spiro atoms. The second kappa shape index (κ2) is 5.48. The maximum atomic E-state index is 12.3. The van der Waals surface area contributed by atoms with Gasteiger partial charge in [-0.15, -0.1) is 0 Å². The van der Waals surface area contributed by atoms with Crippen LogP contribution in [0.3, 0.4) is 0 Å². The zero-order valence-corrected chi connectivity index (χ0v) is 11.8. The Hall–Kier alpha value is -1.76. The first-order valence-corrected chi connectivity index (χ1v) is 6.75. The molecule has 0 aliphatic carbocycles. The molecule has 0 N–H and O–H groups in total. The summed E-state index contributed by atoms with van der Waals surface area (Å²) in [6.45, 7) is 0.349. The van der Waals surface area contributed by atoms with Gasteiger partial charge in [-0.2, -0.15) is 0 Å². The summed E-state index contributed by atoms with van der Waals surface area (Å²) < 4.78 is 28.5. The number of benzene rings is 1. The third-order valence-corrected chi connectivity index (χ3v) is 4.41. The van der Waals surface area contributed by atoms with Crippen LogP contribution in [-0.2, 0) is 22.1 Å². The van der Waals surface area contributed by atoms with Gasteiger partial charge in [0.05, 0.1) is 26.2 Å². The molecule has 1 aromatic carbocycles. The van der Waals surface area contributed by atoms with Crippen LogP contribution in [0.15, 0.2) is 17.0 Å². The number of nitrogens with zero attached hydrogens (tertiary/aromatic N) is 1. The van der Waals surface area contributed by atoms with E-state index in [0.717, 1.165) is 5.56 Å². The highest BCUT2D eigenvalue weighted by atomic mass is 32.2. The van der Waals surface area contributed by atoms with Crippen LogP contribution in [0.4, 0.5) is 4.79 Å². The first-order chi connectivity index (χ1) is 9.12. The molecule has 1 atom stereocenters. The summed E-state index contributed by atoms with van der Waals surface area (Å²) in [4.78, 5) is 12.1. The lowest BCUT2D eigenvalue weighted by Crippen LogP contribution is -2.38. The molecule has 6 nitrogen and oxygen atoms in total. The molecule has 0 fully saturated rings. The molecule has 1 heterocycles. The number of hydrogen-bond acceptors (Lipinski definition) is 5. The summed E-state index contributed by atoms with van der Waals surface area (Å²) in [5.41, 5.74) is 0.885. The van der Waals surface area contributed by atoms with Crippen LogP contribution >= 0.6 is 0 Å². The average Bonchev–Trinajstić information content (AvgIpc) is 2.45. The summed E-state index contributed by atoms with van der Waals surface area (Å²) in [7, 11) is 2.74. The Balaban J connectivity index is 2.43. The summed E-state index contributed by atoms with van der Waals surface area (Å²) >= 11 is 0.